The normalized spacial score (nSPS) is 14.4. The number of ether oxygens (including phenoxy) is 2. The van der Waals surface area contributed by atoms with Gasteiger partial charge in [-0.1, -0.05) is 22.9 Å². The highest BCUT2D eigenvalue weighted by Gasteiger charge is 2.16. The number of carbonyl (C=O) groups excluding carboxylic acids is 1. The topological polar surface area (TPSA) is 63.7 Å². The maximum atomic E-state index is 12.2. The number of carbonyl (C=O) groups is 1. The van der Waals surface area contributed by atoms with Gasteiger partial charge in [0.05, 0.1) is 23.4 Å². The molecule has 1 saturated heterocycles. The monoisotopic (exact) mass is 389 g/mol. The summed E-state index contributed by atoms with van der Waals surface area (Å²) < 4.78 is 12.0. The Morgan fingerprint density at radius 1 is 1.19 bits per heavy atom. The van der Waals surface area contributed by atoms with Crippen LogP contribution in [-0.2, 0) is 4.74 Å². The molecular weight excluding hydrogens is 374 g/mol. The van der Waals surface area contributed by atoms with E-state index in [-0.39, 0.29) is 6.03 Å². The zero-order valence-electron chi connectivity index (χ0n) is 13.8. The highest BCUT2D eigenvalue weighted by molar-refractivity contribution is 7.20. The van der Waals surface area contributed by atoms with Crippen LogP contribution in [0.15, 0.2) is 42.5 Å². The van der Waals surface area contributed by atoms with Crippen LogP contribution in [0.2, 0.25) is 5.02 Å². The Morgan fingerprint density at radius 3 is 2.73 bits per heavy atom. The largest absolute Gasteiger partial charge is 0.431 e. The van der Waals surface area contributed by atoms with E-state index in [1.165, 1.54) is 11.3 Å². The van der Waals surface area contributed by atoms with Crippen molar-refractivity contribution in [2.24, 2.45) is 0 Å². The standard InChI is InChI=1S/C18H16ClN3O3S/c19-12-1-6-15-16(11-12)26-18(21-15)25-14-4-2-13(3-5-14)20-17(23)22-7-9-24-10-8-22/h1-6,11H,7-10H2,(H,20,23). The number of benzene rings is 2. The first kappa shape index (κ1) is 17.1. The van der Waals surface area contributed by atoms with Gasteiger partial charge in [0.2, 0.25) is 0 Å². The molecule has 1 aliphatic rings. The van der Waals surface area contributed by atoms with Crippen LogP contribution in [0.4, 0.5) is 10.5 Å². The molecule has 2 amide bonds. The van der Waals surface area contributed by atoms with Crippen LogP contribution >= 0.6 is 22.9 Å². The molecular formula is C18H16ClN3O3S. The van der Waals surface area contributed by atoms with Crippen molar-refractivity contribution in [3.63, 3.8) is 0 Å². The fourth-order valence-corrected chi connectivity index (χ4v) is 3.71. The molecule has 134 valence electrons. The number of anilines is 1. The van der Waals surface area contributed by atoms with Gasteiger partial charge in [0.15, 0.2) is 0 Å². The quantitative estimate of drug-likeness (QED) is 0.710. The summed E-state index contributed by atoms with van der Waals surface area (Å²) in [7, 11) is 0. The van der Waals surface area contributed by atoms with Gasteiger partial charge in [0.25, 0.3) is 5.19 Å². The minimum atomic E-state index is -0.120. The van der Waals surface area contributed by atoms with Crippen LogP contribution in [0.1, 0.15) is 0 Å². The second-order valence-corrected chi connectivity index (χ2v) is 7.18. The number of halogens is 1. The first-order valence-corrected chi connectivity index (χ1v) is 9.34. The van der Waals surface area contributed by atoms with E-state index in [1.54, 1.807) is 35.2 Å². The van der Waals surface area contributed by atoms with Gasteiger partial charge in [0, 0.05) is 23.8 Å². The Balaban J connectivity index is 1.41. The van der Waals surface area contributed by atoms with Crippen molar-refractivity contribution in [3.8, 4) is 10.9 Å². The molecule has 0 radical (unpaired) electrons. The molecule has 26 heavy (non-hydrogen) atoms. The van der Waals surface area contributed by atoms with Crippen LogP contribution in [0.25, 0.3) is 10.2 Å². The molecule has 0 spiro atoms. The minimum absolute atomic E-state index is 0.120. The van der Waals surface area contributed by atoms with Gasteiger partial charge < -0.3 is 19.7 Å². The average Bonchev–Trinajstić information content (AvgIpc) is 3.05. The van der Waals surface area contributed by atoms with Gasteiger partial charge in [-0.2, -0.15) is 0 Å². The van der Waals surface area contributed by atoms with E-state index >= 15 is 0 Å². The van der Waals surface area contributed by atoms with Crippen molar-refractivity contribution >= 4 is 44.9 Å². The summed E-state index contributed by atoms with van der Waals surface area (Å²) in [5.41, 5.74) is 1.56. The van der Waals surface area contributed by atoms with Crippen LogP contribution < -0.4 is 10.1 Å². The van der Waals surface area contributed by atoms with E-state index in [0.717, 1.165) is 10.2 Å². The fourth-order valence-electron chi connectivity index (χ4n) is 2.60. The number of amides is 2. The van der Waals surface area contributed by atoms with Crippen molar-refractivity contribution < 1.29 is 14.3 Å². The molecule has 1 fully saturated rings. The summed E-state index contributed by atoms with van der Waals surface area (Å²) in [5, 5.41) is 4.10. The number of hydrogen-bond acceptors (Lipinski definition) is 5. The van der Waals surface area contributed by atoms with Crippen LogP contribution in [0.3, 0.4) is 0 Å². The van der Waals surface area contributed by atoms with Crippen molar-refractivity contribution in [2.45, 2.75) is 0 Å². The molecule has 1 aliphatic heterocycles. The maximum absolute atomic E-state index is 12.2. The number of fused-ring (bicyclic) bond motifs is 1. The van der Waals surface area contributed by atoms with Crippen molar-refractivity contribution in [3.05, 3.63) is 47.5 Å². The summed E-state index contributed by atoms with van der Waals surface area (Å²) in [6, 6.07) is 12.6. The van der Waals surface area contributed by atoms with Gasteiger partial charge in [-0.25, -0.2) is 9.78 Å². The predicted octanol–water partition coefficient (Wildman–Crippen LogP) is 4.61. The van der Waals surface area contributed by atoms with E-state index in [9.17, 15) is 4.79 Å². The zero-order valence-corrected chi connectivity index (χ0v) is 15.3. The SMILES string of the molecule is O=C(Nc1ccc(Oc2nc3ccc(Cl)cc3s2)cc1)N1CCOCC1. The molecule has 0 unspecified atom stereocenters. The summed E-state index contributed by atoms with van der Waals surface area (Å²) >= 11 is 7.43. The Labute approximate surface area is 159 Å². The lowest BCUT2D eigenvalue weighted by Gasteiger charge is -2.26. The molecule has 0 saturated carbocycles. The lowest BCUT2D eigenvalue weighted by molar-refractivity contribution is 0.0564. The van der Waals surface area contributed by atoms with Crippen molar-refractivity contribution in [2.75, 3.05) is 31.6 Å². The van der Waals surface area contributed by atoms with Gasteiger partial charge in [-0.05, 0) is 42.5 Å². The third kappa shape index (κ3) is 3.90. The van der Waals surface area contributed by atoms with Gasteiger partial charge in [-0.15, -0.1) is 0 Å². The lowest BCUT2D eigenvalue weighted by atomic mass is 10.3. The van der Waals surface area contributed by atoms with Gasteiger partial charge in [-0.3, -0.25) is 0 Å². The highest BCUT2D eigenvalue weighted by atomic mass is 35.5. The smallest absolute Gasteiger partial charge is 0.321 e. The van der Waals surface area contributed by atoms with Crippen LogP contribution in [-0.4, -0.2) is 42.2 Å². The molecule has 3 aromatic rings. The summed E-state index contributed by atoms with van der Waals surface area (Å²) in [4.78, 5) is 18.3. The van der Waals surface area contributed by atoms with Crippen molar-refractivity contribution in [1.29, 1.82) is 0 Å². The lowest BCUT2D eigenvalue weighted by Crippen LogP contribution is -2.43. The Hall–Kier alpha value is -2.35. The Morgan fingerprint density at radius 2 is 1.96 bits per heavy atom. The number of morpholine rings is 1. The van der Waals surface area contributed by atoms with E-state index < -0.39 is 0 Å². The van der Waals surface area contributed by atoms with E-state index in [4.69, 9.17) is 21.1 Å². The summed E-state index contributed by atoms with van der Waals surface area (Å²) in [6.07, 6.45) is 0. The maximum Gasteiger partial charge on any atom is 0.321 e. The molecule has 2 heterocycles. The number of thiazole rings is 1. The number of nitrogens with one attached hydrogen (secondary N) is 1. The number of nitrogens with zero attached hydrogens (tertiary/aromatic N) is 2. The first-order chi connectivity index (χ1) is 12.7. The molecule has 0 atom stereocenters. The third-order valence-corrected chi connectivity index (χ3v) is 5.07. The number of hydrogen-bond donors (Lipinski definition) is 1. The second-order valence-electron chi connectivity index (χ2n) is 5.75. The van der Waals surface area contributed by atoms with E-state index in [1.807, 2.05) is 12.1 Å². The molecule has 6 nitrogen and oxygen atoms in total. The van der Waals surface area contributed by atoms with Crippen molar-refractivity contribution in [1.82, 2.24) is 9.88 Å². The highest BCUT2D eigenvalue weighted by Crippen LogP contribution is 2.33. The zero-order chi connectivity index (χ0) is 17.9. The molecule has 1 N–H and O–H groups in total. The summed E-state index contributed by atoms with van der Waals surface area (Å²) in [5.74, 6) is 0.652. The number of rotatable bonds is 3. The molecule has 1 aromatic heterocycles. The fraction of sp³-hybridized carbons (Fsp3) is 0.222. The van der Waals surface area contributed by atoms with E-state index in [2.05, 4.69) is 10.3 Å². The molecule has 4 rings (SSSR count). The molecule has 2 aromatic carbocycles. The second kappa shape index (κ2) is 7.49. The minimum Gasteiger partial charge on any atom is -0.431 e. The molecule has 0 aliphatic carbocycles. The van der Waals surface area contributed by atoms with Crippen LogP contribution in [0.5, 0.6) is 10.9 Å². The predicted molar refractivity (Wildman–Crippen MR) is 103 cm³/mol. The number of urea groups is 1. The average molecular weight is 390 g/mol. The third-order valence-electron chi connectivity index (χ3n) is 3.94. The Kier molecular flexibility index (Phi) is 4.92. The molecule has 8 heteroatoms. The molecule has 0 bridgehead atoms. The number of aromatic nitrogens is 1. The van der Waals surface area contributed by atoms with Gasteiger partial charge >= 0.3 is 6.03 Å². The van der Waals surface area contributed by atoms with Crippen LogP contribution in [0, 0.1) is 0 Å². The first-order valence-electron chi connectivity index (χ1n) is 8.15. The summed E-state index contributed by atoms with van der Waals surface area (Å²) in [6.45, 7) is 2.37. The van der Waals surface area contributed by atoms with Gasteiger partial charge in [0.1, 0.15) is 5.75 Å². The Bertz CT molecular complexity index is 923. The van der Waals surface area contributed by atoms with E-state index in [0.29, 0.717) is 48.0 Å².